The second kappa shape index (κ2) is 8.09. The van der Waals surface area contributed by atoms with Gasteiger partial charge in [0.05, 0.1) is 6.54 Å². The van der Waals surface area contributed by atoms with Crippen LogP contribution in [-0.2, 0) is 19.6 Å². The highest BCUT2D eigenvalue weighted by Gasteiger charge is 2.27. The van der Waals surface area contributed by atoms with E-state index >= 15 is 0 Å². The SMILES string of the molecule is Cc1ccc(-c2cccc(CN3CCC(c4nnc5n4CCNC5)CC3)c2)cc1. The lowest BCUT2D eigenvalue weighted by molar-refractivity contribution is 0.199. The number of nitrogens with zero attached hydrogens (tertiary/aromatic N) is 4. The molecule has 3 aromatic rings. The Labute approximate surface area is 172 Å². The zero-order chi connectivity index (χ0) is 19.6. The maximum absolute atomic E-state index is 4.54. The molecule has 1 fully saturated rings. The van der Waals surface area contributed by atoms with Crippen LogP contribution in [0.5, 0.6) is 0 Å². The molecule has 0 radical (unpaired) electrons. The minimum Gasteiger partial charge on any atom is -0.312 e. The largest absolute Gasteiger partial charge is 0.312 e. The van der Waals surface area contributed by atoms with E-state index in [-0.39, 0.29) is 0 Å². The summed E-state index contributed by atoms with van der Waals surface area (Å²) in [5.74, 6) is 2.86. The third-order valence-corrected chi connectivity index (χ3v) is 6.32. The number of fused-ring (bicyclic) bond motifs is 1. The van der Waals surface area contributed by atoms with Gasteiger partial charge in [-0.05, 0) is 55.6 Å². The third-order valence-electron chi connectivity index (χ3n) is 6.32. The van der Waals surface area contributed by atoms with Gasteiger partial charge in [-0.1, -0.05) is 48.0 Å². The first kappa shape index (κ1) is 18.5. The summed E-state index contributed by atoms with van der Waals surface area (Å²) in [7, 11) is 0. The molecule has 5 nitrogen and oxygen atoms in total. The maximum Gasteiger partial charge on any atom is 0.147 e. The Morgan fingerprint density at radius 2 is 1.79 bits per heavy atom. The monoisotopic (exact) mass is 387 g/mol. The van der Waals surface area contributed by atoms with E-state index in [4.69, 9.17) is 0 Å². The molecule has 29 heavy (non-hydrogen) atoms. The van der Waals surface area contributed by atoms with Crippen LogP contribution in [0.25, 0.3) is 11.1 Å². The summed E-state index contributed by atoms with van der Waals surface area (Å²) in [6.45, 7) is 8.28. The lowest BCUT2D eigenvalue weighted by atomic mass is 9.95. The molecule has 0 saturated carbocycles. The smallest absolute Gasteiger partial charge is 0.147 e. The first-order valence-corrected chi connectivity index (χ1v) is 10.8. The lowest BCUT2D eigenvalue weighted by Crippen LogP contribution is -2.34. The molecular formula is C24H29N5. The molecule has 0 unspecified atom stereocenters. The summed E-state index contributed by atoms with van der Waals surface area (Å²) in [4.78, 5) is 2.58. The zero-order valence-electron chi connectivity index (χ0n) is 17.1. The van der Waals surface area contributed by atoms with Crippen molar-refractivity contribution in [1.29, 1.82) is 0 Å². The number of benzene rings is 2. The first-order valence-electron chi connectivity index (χ1n) is 10.8. The molecule has 5 rings (SSSR count). The van der Waals surface area contributed by atoms with Crippen LogP contribution in [0.2, 0.25) is 0 Å². The van der Waals surface area contributed by atoms with E-state index in [2.05, 4.69) is 80.4 Å². The van der Waals surface area contributed by atoms with Crippen LogP contribution in [0.3, 0.4) is 0 Å². The predicted octanol–water partition coefficient (Wildman–Crippen LogP) is 3.74. The molecule has 1 aromatic heterocycles. The fourth-order valence-corrected chi connectivity index (χ4v) is 4.62. The van der Waals surface area contributed by atoms with E-state index in [1.807, 2.05) is 0 Å². The summed E-state index contributed by atoms with van der Waals surface area (Å²) < 4.78 is 2.35. The lowest BCUT2D eigenvalue weighted by Gasteiger charge is -2.32. The van der Waals surface area contributed by atoms with E-state index in [0.717, 1.165) is 45.1 Å². The normalized spacial score (nSPS) is 18.0. The summed E-state index contributed by atoms with van der Waals surface area (Å²) in [6, 6.07) is 17.8. The van der Waals surface area contributed by atoms with Crippen LogP contribution >= 0.6 is 0 Å². The number of hydrogen-bond acceptors (Lipinski definition) is 4. The van der Waals surface area contributed by atoms with Crippen molar-refractivity contribution in [3.63, 3.8) is 0 Å². The molecule has 0 aliphatic carbocycles. The van der Waals surface area contributed by atoms with Gasteiger partial charge in [0.2, 0.25) is 0 Å². The Kier molecular flexibility index (Phi) is 5.17. The quantitative estimate of drug-likeness (QED) is 0.741. The van der Waals surface area contributed by atoms with E-state index < -0.39 is 0 Å². The number of likely N-dealkylation sites (tertiary alicyclic amines) is 1. The third kappa shape index (κ3) is 3.98. The topological polar surface area (TPSA) is 46.0 Å². The molecule has 2 aliphatic heterocycles. The Bertz CT molecular complexity index is 967. The van der Waals surface area contributed by atoms with E-state index in [1.165, 1.54) is 40.9 Å². The van der Waals surface area contributed by atoms with Crippen molar-refractivity contribution in [2.75, 3.05) is 19.6 Å². The average molecular weight is 388 g/mol. The second-order valence-corrected chi connectivity index (χ2v) is 8.42. The van der Waals surface area contributed by atoms with Gasteiger partial charge in [0.1, 0.15) is 11.6 Å². The molecule has 0 spiro atoms. The number of nitrogens with one attached hydrogen (secondary N) is 1. The van der Waals surface area contributed by atoms with Crippen molar-refractivity contribution in [2.45, 2.75) is 45.3 Å². The molecule has 0 bridgehead atoms. The molecule has 150 valence electrons. The van der Waals surface area contributed by atoms with Crippen LogP contribution < -0.4 is 5.32 Å². The van der Waals surface area contributed by atoms with Gasteiger partial charge in [-0.2, -0.15) is 0 Å². The first-order chi connectivity index (χ1) is 14.3. The van der Waals surface area contributed by atoms with Crippen molar-refractivity contribution in [3.05, 3.63) is 71.3 Å². The Hall–Kier alpha value is -2.50. The highest BCUT2D eigenvalue weighted by Crippen LogP contribution is 2.29. The molecule has 0 amide bonds. The van der Waals surface area contributed by atoms with E-state index in [0.29, 0.717) is 5.92 Å². The van der Waals surface area contributed by atoms with Crippen LogP contribution in [0, 0.1) is 6.92 Å². The van der Waals surface area contributed by atoms with Crippen LogP contribution in [0.15, 0.2) is 48.5 Å². The molecule has 1 N–H and O–H groups in total. The summed E-state index contributed by atoms with van der Waals surface area (Å²) in [5, 5.41) is 12.3. The van der Waals surface area contributed by atoms with Crippen LogP contribution in [0.4, 0.5) is 0 Å². The van der Waals surface area contributed by atoms with Crippen molar-refractivity contribution >= 4 is 0 Å². The fourth-order valence-electron chi connectivity index (χ4n) is 4.62. The second-order valence-electron chi connectivity index (χ2n) is 8.42. The van der Waals surface area contributed by atoms with Crippen molar-refractivity contribution < 1.29 is 0 Å². The van der Waals surface area contributed by atoms with Gasteiger partial charge >= 0.3 is 0 Å². The molecule has 0 atom stereocenters. The van der Waals surface area contributed by atoms with E-state index in [9.17, 15) is 0 Å². The van der Waals surface area contributed by atoms with Crippen LogP contribution in [-0.4, -0.2) is 39.3 Å². The molecular weight excluding hydrogens is 358 g/mol. The molecule has 5 heteroatoms. The summed E-state index contributed by atoms with van der Waals surface area (Å²) in [5.41, 5.74) is 5.30. The number of aromatic nitrogens is 3. The number of rotatable bonds is 4. The molecule has 1 saturated heterocycles. The number of hydrogen-bond donors (Lipinski definition) is 1. The minimum atomic E-state index is 0.546. The van der Waals surface area contributed by atoms with Gasteiger partial charge in [-0.3, -0.25) is 4.90 Å². The van der Waals surface area contributed by atoms with Gasteiger partial charge in [0.25, 0.3) is 0 Å². The highest BCUT2D eigenvalue weighted by atomic mass is 15.3. The highest BCUT2D eigenvalue weighted by molar-refractivity contribution is 5.64. The number of piperidine rings is 1. The Morgan fingerprint density at radius 3 is 2.62 bits per heavy atom. The van der Waals surface area contributed by atoms with Gasteiger partial charge < -0.3 is 9.88 Å². The standard InChI is InChI=1S/C24H29N5/c1-18-5-7-20(8-6-18)22-4-2-3-19(15-22)17-28-12-9-21(10-13-28)24-27-26-23-16-25-11-14-29(23)24/h2-8,15,21,25H,9-14,16-17H2,1H3. The molecule has 3 heterocycles. The van der Waals surface area contributed by atoms with Gasteiger partial charge in [0, 0.05) is 25.6 Å². The number of aryl methyl sites for hydroxylation is 1. The fraction of sp³-hybridized carbons (Fsp3) is 0.417. The van der Waals surface area contributed by atoms with Crippen molar-refractivity contribution in [1.82, 2.24) is 25.0 Å². The maximum atomic E-state index is 4.54. The van der Waals surface area contributed by atoms with Crippen LogP contribution in [0.1, 0.15) is 41.5 Å². The van der Waals surface area contributed by atoms with Crippen molar-refractivity contribution in [2.24, 2.45) is 0 Å². The zero-order valence-corrected chi connectivity index (χ0v) is 17.1. The summed E-state index contributed by atoms with van der Waals surface area (Å²) in [6.07, 6.45) is 2.34. The van der Waals surface area contributed by atoms with Crippen molar-refractivity contribution in [3.8, 4) is 11.1 Å². The van der Waals surface area contributed by atoms with E-state index in [1.54, 1.807) is 0 Å². The van der Waals surface area contributed by atoms with Gasteiger partial charge in [-0.15, -0.1) is 10.2 Å². The average Bonchev–Trinajstić information content (AvgIpc) is 3.19. The Balaban J connectivity index is 1.23. The van der Waals surface area contributed by atoms with Gasteiger partial charge in [-0.25, -0.2) is 0 Å². The minimum absolute atomic E-state index is 0.546. The predicted molar refractivity (Wildman–Crippen MR) is 116 cm³/mol. The Morgan fingerprint density at radius 1 is 0.966 bits per heavy atom. The van der Waals surface area contributed by atoms with Gasteiger partial charge in [0.15, 0.2) is 0 Å². The molecule has 2 aromatic carbocycles. The summed E-state index contributed by atoms with van der Waals surface area (Å²) >= 11 is 0. The molecule has 2 aliphatic rings.